The lowest BCUT2D eigenvalue weighted by atomic mass is 10.2. The number of fused-ring (bicyclic) bond motifs is 1. The van der Waals surface area contributed by atoms with Gasteiger partial charge in [-0.3, -0.25) is 4.90 Å². The minimum Gasteiger partial charge on any atom is -0.379 e. The maximum Gasteiger partial charge on any atom is 0.0594 e. The fraction of sp³-hybridized carbons (Fsp3) is 0.500. The first-order chi connectivity index (χ1) is 9.79. The van der Waals surface area contributed by atoms with E-state index in [1.807, 2.05) is 0 Å². The van der Waals surface area contributed by atoms with Crippen molar-refractivity contribution < 1.29 is 4.74 Å². The van der Waals surface area contributed by atoms with Gasteiger partial charge in [-0.25, -0.2) is 0 Å². The Kier molecular flexibility index (Phi) is 4.63. The molecule has 0 spiro atoms. The normalized spacial score (nSPS) is 18.5. The van der Waals surface area contributed by atoms with Crippen molar-refractivity contribution >= 4 is 33.5 Å². The smallest absolute Gasteiger partial charge is 0.0594 e. The Morgan fingerprint density at radius 1 is 1.25 bits per heavy atom. The summed E-state index contributed by atoms with van der Waals surface area (Å²) in [5, 5.41) is 1.35. The molecule has 1 aromatic carbocycles. The van der Waals surface area contributed by atoms with E-state index in [4.69, 9.17) is 4.74 Å². The second-order valence-corrected chi connectivity index (χ2v) is 6.32. The summed E-state index contributed by atoms with van der Waals surface area (Å²) in [5.74, 6) is 0. The van der Waals surface area contributed by atoms with E-state index < -0.39 is 0 Å². The number of hydrogen-bond acceptors (Lipinski definition) is 2. The van der Waals surface area contributed by atoms with Crippen molar-refractivity contribution in [2.45, 2.75) is 13.0 Å². The molecule has 1 aliphatic heterocycles. The third-order valence-electron chi connectivity index (χ3n) is 4.06. The van der Waals surface area contributed by atoms with Crippen LogP contribution < -0.4 is 0 Å². The average molecular weight is 384 g/mol. The van der Waals surface area contributed by atoms with Crippen molar-refractivity contribution in [2.24, 2.45) is 0 Å². The Morgan fingerprint density at radius 2 is 2.00 bits per heavy atom. The molecule has 1 saturated heterocycles. The summed E-state index contributed by atoms with van der Waals surface area (Å²) in [4.78, 5) is 2.53. The molecule has 3 rings (SSSR count). The van der Waals surface area contributed by atoms with Crippen molar-refractivity contribution in [3.8, 4) is 0 Å². The second kappa shape index (κ2) is 6.45. The maximum absolute atomic E-state index is 5.45. The van der Waals surface area contributed by atoms with Crippen molar-refractivity contribution in [3.05, 3.63) is 36.0 Å². The van der Waals surface area contributed by atoms with Crippen molar-refractivity contribution in [1.82, 2.24) is 9.47 Å². The van der Waals surface area contributed by atoms with Crippen molar-refractivity contribution in [2.75, 3.05) is 37.3 Å². The van der Waals surface area contributed by atoms with Gasteiger partial charge in [0.15, 0.2) is 0 Å². The van der Waals surface area contributed by atoms with Crippen LogP contribution in [0.1, 0.15) is 11.7 Å². The first-order valence-corrected chi connectivity index (χ1v) is 8.75. The van der Waals surface area contributed by atoms with Gasteiger partial charge in [0, 0.05) is 35.3 Å². The number of nitrogens with zero attached hydrogens (tertiary/aromatic N) is 2. The van der Waals surface area contributed by atoms with Gasteiger partial charge >= 0.3 is 0 Å². The van der Waals surface area contributed by atoms with E-state index in [-0.39, 0.29) is 0 Å². The van der Waals surface area contributed by atoms with Gasteiger partial charge in [-0.15, -0.1) is 0 Å². The molecule has 0 saturated carbocycles. The molecular weight excluding hydrogens is 363 g/mol. The first kappa shape index (κ1) is 14.4. The molecule has 2 aromatic rings. The molecule has 20 heavy (non-hydrogen) atoms. The SMILES string of the molecule is Cc1cc2ccccc2n1C(CI)CN1CCOCC1. The first-order valence-electron chi connectivity index (χ1n) is 7.22. The molecule has 0 N–H and O–H groups in total. The number of ether oxygens (including phenoxy) is 1. The van der Waals surface area contributed by atoms with Gasteiger partial charge in [0.25, 0.3) is 0 Å². The highest BCUT2D eigenvalue weighted by atomic mass is 127. The minimum atomic E-state index is 0.536. The monoisotopic (exact) mass is 384 g/mol. The number of alkyl halides is 1. The highest BCUT2D eigenvalue weighted by Gasteiger charge is 2.19. The van der Waals surface area contributed by atoms with Crippen molar-refractivity contribution in [3.63, 3.8) is 0 Å². The fourth-order valence-corrected chi connectivity index (χ4v) is 3.75. The standard InChI is InChI=1S/C16H21IN2O/c1-13-10-14-4-2-3-5-16(14)19(13)15(11-17)12-18-6-8-20-9-7-18/h2-5,10,15H,6-9,11-12H2,1H3. The number of halogens is 1. The van der Waals surface area contributed by atoms with Gasteiger partial charge in [-0.05, 0) is 24.4 Å². The molecule has 108 valence electrons. The molecule has 3 nitrogen and oxygen atoms in total. The zero-order valence-corrected chi connectivity index (χ0v) is 14.0. The minimum absolute atomic E-state index is 0.536. The third-order valence-corrected chi connectivity index (χ3v) is 5.07. The van der Waals surface area contributed by atoms with Crippen LogP contribution in [0.5, 0.6) is 0 Å². The second-order valence-electron chi connectivity index (χ2n) is 5.44. The van der Waals surface area contributed by atoms with Crippen LogP contribution in [0, 0.1) is 6.92 Å². The number of rotatable bonds is 4. The zero-order chi connectivity index (χ0) is 13.9. The Morgan fingerprint density at radius 3 is 2.75 bits per heavy atom. The van der Waals surface area contributed by atoms with E-state index in [0.717, 1.165) is 37.3 Å². The molecule has 1 aliphatic rings. The predicted molar refractivity (Wildman–Crippen MR) is 91.9 cm³/mol. The highest BCUT2D eigenvalue weighted by molar-refractivity contribution is 14.1. The number of para-hydroxylation sites is 1. The third kappa shape index (κ3) is 2.87. The maximum atomic E-state index is 5.45. The van der Waals surface area contributed by atoms with Gasteiger partial charge in [-0.1, -0.05) is 40.8 Å². The molecule has 1 atom stereocenters. The van der Waals surface area contributed by atoms with Crippen LogP contribution in [-0.4, -0.2) is 46.7 Å². The van der Waals surface area contributed by atoms with Crippen LogP contribution in [0.4, 0.5) is 0 Å². The summed E-state index contributed by atoms with van der Waals surface area (Å²) in [6.07, 6.45) is 0. The van der Waals surface area contributed by atoms with E-state index in [1.165, 1.54) is 16.6 Å². The number of hydrogen-bond donors (Lipinski definition) is 0. The van der Waals surface area contributed by atoms with Crippen LogP contribution in [0.25, 0.3) is 10.9 Å². The number of morpholine rings is 1. The fourth-order valence-electron chi connectivity index (χ4n) is 3.08. The predicted octanol–water partition coefficient (Wildman–Crippen LogP) is 3.26. The Balaban J connectivity index is 1.88. The van der Waals surface area contributed by atoms with Gasteiger partial charge in [-0.2, -0.15) is 0 Å². The summed E-state index contributed by atoms with van der Waals surface area (Å²) in [5.41, 5.74) is 2.72. The van der Waals surface area contributed by atoms with Gasteiger partial charge in [0.1, 0.15) is 0 Å². The lowest BCUT2D eigenvalue weighted by Gasteiger charge is -2.31. The van der Waals surface area contributed by atoms with E-state index in [9.17, 15) is 0 Å². The summed E-state index contributed by atoms with van der Waals surface area (Å²) in [7, 11) is 0. The lowest BCUT2D eigenvalue weighted by Crippen LogP contribution is -2.40. The van der Waals surface area contributed by atoms with Gasteiger partial charge < -0.3 is 9.30 Å². The molecule has 0 aliphatic carbocycles. The number of aromatic nitrogens is 1. The number of benzene rings is 1. The molecule has 4 heteroatoms. The largest absolute Gasteiger partial charge is 0.379 e. The van der Waals surface area contributed by atoms with E-state index in [0.29, 0.717) is 6.04 Å². The van der Waals surface area contributed by atoms with Gasteiger partial charge in [0.05, 0.1) is 19.3 Å². The molecule has 1 aromatic heterocycles. The Hall–Kier alpha value is -0.590. The van der Waals surface area contributed by atoms with Crippen LogP contribution >= 0.6 is 22.6 Å². The topological polar surface area (TPSA) is 17.4 Å². The summed E-state index contributed by atoms with van der Waals surface area (Å²) in [6, 6.07) is 11.5. The van der Waals surface area contributed by atoms with Gasteiger partial charge in [0.2, 0.25) is 0 Å². The van der Waals surface area contributed by atoms with E-state index >= 15 is 0 Å². The van der Waals surface area contributed by atoms with E-state index in [1.54, 1.807) is 0 Å². The highest BCUT2D eigenvalue weighted by Crippen LogP contribution is 2.25. The van der Waals surface area contributed by atoms with E-state index in [2.05, 4.69) is 69.3 Å². The molecule has 1 fully saturated rings. The summed E-state index contributed by atoms with van der Waals surface area (Å²) < 4.78 is 9.09. The summed E-state index contributed by atoms with van der Waals surface area (Å²) >= 11 is 2.52. The molecule has 2 heterocycles. The molecule has 1 unspecified atom stereocenters. The number of aryl methyl sites for hydroxylation is 1. The molecule has 0 bridgehead atoms. The molecule has 0 radical (unpaired) electrons. The molecule has 0 amide bonds. The Labute approximate surface area is 134 Å². The molecular formula is C16H21IN2O. The van der Waals surface area contributed by atoms with Crippen LogP contribution in [0.2, 0.25) is 0 Å². The average Bonchev–Trinajstić information content (AvgIpc) is 2.82. The zero-order valence-electron chi connectivity index (χ0n) is 11.9. The van der Waals surface area contributed by atoms with Crippen LogP contribution in [0.15, 0.2) is 30.3 Å². The quantitative estimate of drug-likeness (QED) is 0.595. The van der Waals surface area contributed by atoms with Crippen LogP contribution in [-0.2, 0) is 4.74 Å². The lowest BCUT2D eigenvalue weighted by molar-refractivity contribution is 0.0331. The summed E-state index contributed by atoms with van der Waals surface area (Å²) in [6.45, 7) is 7.21. The van der Waals surface area contributed by atoms with Crippen molar-refractivity contribution in [1.29, 1.82) is 0 Å². The van der Waals surface area contributed by atoms with Crippen LogP contribution in [0.3, 0.4) is 0 Å². The Bertz CT molecular complexity index is 575.